The molecule has 3 heteroatoms. The van der Waals surface area contributed by atoms with Crippen LogP contribution < -0.4 is 0 Å². The standard InChI is InChI=1S/C12H11NO2/c1-7-3-4-9-10(12(15)8(2)14)6-13-11(9)5-7/h3-6,13H,1-2H3. The lowest BCUT2D eigenvalue weighted by atomic mass is 10.1. The van der Waals surface area contributed by atoms with Crippen LogP contribution in [0.4, 0.5) is 0 Å². The minimum atomic E-state index is -0.440. The predicted molar refractivity (Wildman–Crippen MR) is 58.0 cm³/mol. The molecule has 1 N–H and O–H groups in total. The topological polar surface area (TPSA) is 49.9 Å². The lowest BCUT2D eigenvalue weighted by Gasteiger charge is -1.95. The molecule has 0 radical (unpaired) electrons. The normalized spacial score (nSPS) is 10.5. The summed E-state index contributed by atoms with van der Waals surface area (Å²) in [6.45, 7) is 3.27. The molecule has 1 aromatic heterocycles. The van der Waals surface area contributed by atoms with E-state index < -0.39 is 11.6 Å². The first-order valence-electron chi connectivity index (χ1n) is 4.72. The highest BCUT2D eigenvalue weighted by Crippen LogP contribution is 2.19. The van der Waals surface area contributed by atoms with E-state index >= 15 is 0 Å². The number of Topliss-reactive ketones (excluding diaryl/α,β-unsaturated/α-hetero) is 2. The zero-order valence-corrected chi connectivity index (χ0v) is 8.63. The van der Waals surface area contributed by atoms with Crippen LogP contribution >= 0.6 is 0 Å². The van der Waals surface area contributed by atoms with Gasteiger partial charge in [-0.1, -0.05) is 12.1 Å². The van der Waals surface area contributed by atoms with Gasteiger partial charge in [0, 0.05) is 24.0 Å². The van der Waals surface area contributed by atoms with Gasteiger partial charge in [-0.3, -0.25) is 9.59 Å². The average molecular weight is 201 g/mol. The monoisotopic (exact) mass is 201 g/mol. The second-order valence-corrected chi connectivity index (χ2v) is 3.64. The van der Waals surface area contributed by atoms with Crippen molar-refractivity contribution in [1.29, 1.82) is 0 Å². The largest absolute Gasteiger partial charge is 0.360 e. The molecule has 0 bridgehead atoms. The fourth-order valence-corrected chi connectivity index (χ4v) is 1.62. The summed E-state index contributed by atoms with van der Waals surface area (Å²) in [6, 6.07) is 5.73. The fourth-order valence-electron chi connectivity index (χ4n) is 1.62. The Morgan fingerprint density at radius 1 is 1.27 bits per heavy atom. The molecule has 2 rings (SSSR count). The third kappa shape index (κ3) is 1.56. The van der Waals surface area contributed by atoms with Crippen LogP contribution in [-0.2, 0) is 4.79 Å². The second-order valence-electron chi connectivity index (χ2n) is 3.64. The summed E-state index contributed by atoms with van der Waals surface area (Å²) in [5.41, 5.74) is 2.46. The number of hydrogen-bond donors (Lipinski definition) is 1. The number of nitrogens with one attached hydrogen (secondary N) is 1. The van der Waals surface area contributed by atoms with Crippen LogP contribution in [-0.4, -0.2) is 16.6 Å². The minimum absolute atomic E-state index is 0.434. The Morgan fingerprint density at radius 2 is 2.00 bits per heavy atom. The highest BCUT2D eigenvalue weighted by Gasteiger charge is 2.15. The SMILES string of the molecule is CC(=O)C(=O)c1c[nH]c2cc(C)ccc12. The number of H-pyrrole nitrogens is 1. The van der Waals surface area contributed by atoms with E-state index in [1.165, 1.54) is 6.92 Å². The molecule has 0 fully saturated rings. The first-order chi connectivity index (χ1) is 7.09. The Hall–Kier alpha value is -1.90. The minimum Gasteiger partial charge on any atom is -0.360 e. The third-order valence-electron chi connectivity index (χ3n) is 2.40. The zero-order chi connectivity index (χ0) is 11.0. The molecular weight excluding hydrogens is 190 g/mol. The summed E-state index contributed by atoms with van der Waals surface area (Å²) in [5.74, 6) is -0.874. The van der Waals surface area contributed by atoms with Crippen LogP contribution in [0.2, 0.25) is 0 Å². The first kappa shape index (κ1) is 9.65. The Labute approximate surface area is 87.1 Å². The van der Waals surface area contributed by atoms with E-state index in [2.05, 4.69) is 4.98 Å². The summed E-state index contributed by atoms with van der Waals surface area (Å²) in [5, 5.41) is 0.806. The van der Waals surface area contributed by atoms with Gasteiger partial charge in [0.1, 0.15) is 0 Å². The number of carbonyl (C=O) groups is 2. The van der Waals surface area contributed by atoms with Crippen molar-refractivity contribution in [3.8, 4) is 0 Å². The van der Waals surface area contributed by atoms with Crippen molar-refractivity contribution in [3.63, 3.8) is 0 Å². The fraction of sp³-hybridized carbons (Fsp3) is 0.167. The van der Waals surface area contributed by atoms with E-state index in [4.69, 9.17) is 0 Å². The maximum atomic E-state index is 11.5. The number of aromatic nitrogens is 1. The number of fused-ring (bicyclic) bond motifs is 1. The van der Waals surface area contributed by atoms with E-state index in [0.717, 1.165) is 16.5 Å². The van der Waals surface area contributed by atoms with Gasteiger partial charge in [-0.15, -0.1) is 0 Å². The number of hydrogen-bond acceptors (Lipinski definition) is 2. The van der Waals surface area contributed by atoms with Gasteiger partial charge in [-0.25, -0.2) is 0 Å². The third-order valence-corrected chi connectivity index (χ3v) is 2.40. The van der Waals surface area contributed by atoms with Crippen LogP contribution in [0.1, 0.15) is 22.8 Å². The van der Waals surface area contributed by atoms with Crippen molar-refractivity contribution in [2.45, 2.75) is 13.8 Å². The Bertz CT molecular complexity index is 552. The zero-order valence-electron chi connectivity index (χ0n) is 8.63. The van der Waals surface area contributed by atoms with E-state index in [-0.39, 0.29) is 0 Å². The van der Waals surface area contributed by atoms with Crippen molar-refractivity contribution in [1.82, 2.24) is 4.98 Å². The highest BCUT2D eigenvalue weighted by atomic mass is 16.2. The molecule has 0 aliphatic heterocycles. The summed E-state index contributed by atoms with van der Waals surface area (Å²) in [7, 11) is 0. The van der Waals surface area contributed by atoms with Crippen molar-refractivity contribution >= 4 is 22.5 Å². The molecule has 0 spiro atoms. The van der Waals surface area contributed by atoms with Crippen LogP contribution in [0.15, 0.2) is 24.4 Å². The molecule has 1 heterocycles. The number of carbonyl (C=O) groups excluding carboxylic acids is 2. The van der Waals surface area contributed by atoms with Crippen LogP contribution in [0.25, 0.3) is 10.9 Å². The van der Waals surface area contributed by atoms with Crippen molar-refractivity contribution in [2.24, 2.45) is 0 Å². The first-order valence-corrected chi connectivity index (χ1v) is 4.72. The van der Waals surface area contributed by atoms with Gasteiger partial charge in [-0.2, -0.15) is 0 Å². The van der Waals surface area contributed by atoms with Crippen LogP contribution in [0.3, 0.4) is 0 Å². The Kier molecular flexibility index (Phi) is 2.15. The molecule has 0 aliphatic rings. The smallest absolute Gasteiger partial charge is 0.230 e. The summed E-state index contributed by atoms with van der Waals surface area (Å²) in [4.78, 5) is 25.5. The second kappa shape index (κ2) is 3.35. The molecule has 1 aromatic carbocycles. The van der Waals surface area contributed by atoms with Gasteiger partial charge in [0.15, 0.2) is 5.78 Å². The van der Waals surface area contributed by atoms with Crippen molar-refractivity contribution in [3.05, 3.63) is 35.5 Å². The molecule has 0 unspecified atom stereocenters. The summed E-state index contributed by atoms with van der Waals surface area (Å²) < 4.78 is 0. The molecule has 0 saturated carbocycles. The lowest BCUT2D eigenvalue weighted by Crippen LogP contribution is -2.08. The number of aryl methyl sites for hydroxylation is 1. The molecule has 0 saturated heterocycles. The molecule has 0 amide bonds. The number of ketones is 2. The van der Waals surface area contributed by atoms with Gasteiger partial charge in [0.05, 0.1) is 5.56 Å². The molecular formula is C12H11NO2. The maximum absolute atomic E-state index is 11.5. The molecule has 76 valence electrons. The maximum Gasteiger partial charge on any atom is 0.230 e. The van der Waals surface area contributed by atoms with E-state index in [9.17, 15) is 9.59 Å². The van der Waals surface area contributed by atoms with E-state index in [1.807, 2.05) is 25.1 Å². The van der Waals surface area contributed by atoms with Gasteiger partial charge in [0.2, 0.25) is 5.78 Å². The van der Waals surface area contributed by atoms with Gasteiger partial charge in [0.25, 0.3) is 0 Å². The summed E-state index contributed by atoms with van der Waals surface area (Å²) in [6.07, 6.45) is 1.59. The van der Waals surface area contributed by atoms with Gasteiger partial charge < -0.3 is 4.98 Å². The summed E-state index contributed by atoms with van der Waals surface area (Å²) >= 11 is 0. The predicted octanol–water partition coefficient (Wildman–Crippen LogP) is 2.25. The average Bonchev–Trinajstić information content (AvgIpc) is 2.59. The van der Waals surface area contributed by atoms with Crippen LogP contribution in [0.5, 0.6) is 0 Å². The number of aromatic amines is 1. The van der Waals surface area contributed by atoms with Gasteiger partial charge in [-0.05, 0) is 18.6 Å². The van der Waals surface area contributed by atoms with Crippen molar-refractivity contribution in [2.75, 3.05) is 0 Å². The lowest BCUT2D eigenvalue weighted by molar-refractivity contribution is -0.113. The molecule has 3 nitrogen and oxygen atoms in total. The highest BCUT2D eigenvalue weighted by molar-refractivity contribution is 6.45. The Morgan fingerprint density at radius 3 is 2.67 bits per heavy atom. The van der Waals surface area contributed by atoms with Crippen LogP contribution in [0, 0.1) is 6.92 Å². The molecule has 2 aromatic rings. The van der Waals surface area contributed by atoms with Gasteiger partial charge >= 0.3 is 0 Å². The quantitative estimate of drug-likeness (QED) is 0.598. The van der Waals surface area contributed by atoms with E-state index in [0.29, 0.717) is 5.56 Å². The Balaban J connectivity index is 2.64. The molecule has 15 heavy (non-hydrogen) atoms. The van der Waals surface area contributed by atoms with E-state index in [1.54, 1.807) is 6.20 Å². The number of rotatable bonds is 2. The van der Waals surface area contributed by atoms with Crippen molar-refractivity contribution < 1.29 is 9.59 Å². The number of benzene rings is 1. The molecule has 0 atom stereocenters. The molecule has 0 aliphatic carbocycles.